The van der Waals surface area contributed by atoms with Crippen LogP contribution in [0.2, 0.25) is 0 Å². The molecule has 2 amide bonds. The molecule has 8 heteroatoms. The normalized spacial score (nSPS) is 17.8. The van der Waals surface area contributed by atoms with E-state index in [1.54, 1.807) is 12.1 Å². The lowest BCUT2D eigenvalue weighted by molar-refractivity contribution is -0.127. The molecular formula is C20H17F2N3O2S. The van der Waals surface area contributed by atoms with E-state index in [2.05, 4.69) is 16.9 Å². The van der Waals surface area contributed by atoms with Crippen LogP contribution in [-0.4, -0.2) is 33.7 Å². The van der Waals surface area contributed by atoms with Crippen molar-refractivity contribution < 1.29 is 18.4 Å². The minimum absolute atomic E-state index is 0.0924. The van der Waals surface area contributed by atoms with Crippen LogP contribution in [0.3, 0.4) is 0 Å². The van der Waals surface area contributed by atoms with Crippen LogP contribution in [0.25, 0.3) is 0 Å². The van der Waals surface area contributed by atoms with Crippen LogP contribution in [0.5, 0.6) is 0 Å². The number of rotatable bonds is 6. The van der Waals surface area contributed by atoms with Gasteiger partial charge in [-0.1, -0.05) is 30.0 Å². The maximum atomic E-state index is 13.9. The van der Waals surface area contributed by atoms with Crippen LogP contribution >= 0.6 is 11.8 Å². The molecule has 0 aromatic heterocycles. The van der Waals surface area contributed by atoms with E-state index in [0.29, 0.717) is 10.9 Å². The van der Waals surface area contributed by atoms with Gasteiger partial charge in [0.25, 0.3) is 0 Å². The van der Waals surface area contributed by atoms with Crippen molar-refractivity contribution >= 4 is 40.1 Å². The first-order valence-corrected chi connectivity index (χ1v) is 9.33. The van der Waals surface area contributed by atoms with Crippen LogP contribution in [0.4, 0.5) is 20.2 Å². The van der Waals surface area contributed by atoms with Gasteiger partial charge in [0, 0.05) is 18.7 Å². The molecule has 1 aliphatic heterocycles. The number of thioether (sulfide) groups is 1. The van der Waals surface area contributed by atoms with E-state index in [1.807, 2.05) is 0 Å². The van der Waals surface area contributed by atoms with Gasteiger partial charge in [0.2, 0.25) is 11.8 Å². The molecule has 28 heavy (non-hydrogen) atoms. The lowest BCUT2D eigenvalue weighted by Gasteiger charge is -2.14. The quantitative estimate of drug-likeness (QED) is 0.741. The third kappa shape index (κ3) is 4.64. The molecule has 2 aromatic carbocycles. The molecular weight excluding hydrogens is 384 g/mol. The van der Waals surface area contributed by atoms with Gasteiger partial charge in [0.1, 0.15) is 22.6 Å². The second kappa shape index (κ2) is 8.79. The number of hydrogen-bond acceptors (Lipinski definition) is 4. The van der Waals surface area contributed by atoms with Crippen molar-refractivity contribution in [3.63, 3.8) is 0 Å². The van der Waals surface area contributed by atoms with E-state index in [-0.39, 0.29) is 30.5 Å². The molecule has 0 spiro atoms. The van der Waals surface area contributed by atoms with Gasteiger partial charge in [-0.15, -0.1) is 6.58 Å². The highest BCUT2D eigenvalue weighted by atomic mass is 32.2. The number of para-hydroxylation sites is 1. The highest BCUT2D eigenvalue weighted by Crippen LogP contribution is 2.32. The third-order valence-corrected chi connectivity index (χ3v) is 5.07. The molecule has 1 N–H and O–H groups in total. The summed E-state index contributed by atoms with van der Waals surface area (Å²) >= 11 is 1.10. The van der Waals surface area contributed by atoms with Gasteiger partial charge < -0.3 is 5.32 Å². The van der Waals surface area contributed by atoms with E-state index in [1.165, 1.54) is 47.4 Å². The maximum Gasteiger partial charge on any atom is 0.242 e. The third-order valence-electron chi connectivity index (χ3n) is 3.90. The lowest BCUT2D eigenvalue weighted by atomic mass is 10.2. The molecule has 1 saturated heterocycles. The predicted molar refractivity (Wildman–Crippen MR) is 106 cm³/mol. The van der Waals surface area contributed by atoms with Crippen LogP contribution in [-0.2, 0) is 9.59 Å². The zero-order chi connectivity index (χ0) is 20.1. The molecule has 1 aliphatic rings. The zero-order valence-corrected chi connectivity index (χ0v) is 15.6. The Labute approximate surface area is 165 Å². The monoisotopic (exact) mass is 401 g/mol. The van der Waals surface area contributed by atoms with E-state index in [9.17, 15) is 18.4 Å². The number of amides is 2. The van der Waals surface area contributed by atoms with Crippen LogP contribution in [0.1, 0.15) is 6.42 Å². The average molecular weight is 401 g/mol. The second-order valence-corrected chi connectivity index (χ2v) is 7.12. The Morgan fingerprint density at radius 3 is 2.61 bits per heavy atom. The topological polar surface area (TPSA) is 61.8 Å². The summed E-state index contributed by atoms with van der Waals surface area (Å²) in [6.07, 6.45) is 1.45. The SMILES string of the molecule is C=CCN1C(=O)[C@@H](CC(=O)Nc2ccc(F)cc2)SC1=Nc1ccccc1F. The summed E-state index contributed by atoms with van der Waals surface area (Å²) in [5, 5.41) is 2.25. The van der Waals surface area contributed by atoms with Gasteiger partial charge >= 0.3 is 0 Å². The molecule has 1 atom stereocenters. The molecule has 0 aliphatic carbocycles. The maximum absolute atomic E-state index is 13.9. The Morgan fingerprint density at radius 2 is 1.93 bits per heavy atom. The van der Waals surface area contributed by atoms with Crippen molar-refractivity contribution in [2.75, 3.05) is 11.9 Å². The van der Waals surface area contributed by atoms with Crippen molar-refractivity contribution in [2.45, 2.75) is 11.7 Å². The fourth-order valence-electron chi connectivity index (χ4n) is 2.58. The van der Waals surface area contributed by atoms with Crippen molar-refractivity contribution in [3.8, 4) is 0 Å². The Morgan fingerprint density at radius 1 is 1.21 bits per heavy atom. The zero-order valence-electron chi connectivity index (χ0n) is 14.8. The smallest absolute Gasteiger partial charge is 0.242 e. The van der Waals surface area contributed by atoms with Crippen LogP contribution < -0.4 is 5.32 Å². The molecule has 2 aromatic rings. The van der Waals surface area contributed by atoms with Gasteiger partial charge in [0.15, 0.2) is 5.17 Å². The number of anilines is 1. The first-order valence-electron chi connectivity index (χ1n) is 8.45. The fraction of sp³-hybridized carbons (Fsp3) is 0.150. The van der Waals surface area contributed by atoms with Crippen LogP contribution in [0, 0.1) is 11.6 Å². The van der Waals surface area contributed by atoms with Crippen molar-refractivity contribution in [2.24, 2.45) is 4.99 Å². The number of aliphatic imine (C=N–C) groups is 1. The number of nitrogens with one attached hydrogen (secondary N) is 1. The number of halogens is 2. The number of amidine groups is 1. The average Bonchev–Trinajstić information content (AvgIpc) is 2.94. The number of benzene rings is 2. The number of hydrogen-bond donors (Lipinski definition) is 1. The van der Waals surface area contributed by atoms with Crippen molar-refractivity contribution in [1.82, 2.24) is 4.90 Å². The predicted octanol–water partition coefficient (Wildman–Crippen LogP) is 4.11. The molecule has 0 unspecified atom stereocenters. The summed E-state index contributed by atoms with van der Waals surface area (Å²) in [5.74, 6) is -1.59. The second-order valence-electron chi connectivity index (χ2n) is 5.95. The Bertz CT molecular complexity index is 931. The van der Waals surface area contributed by atoms with Gasteiger partial charge in [-0.2, -0.15) is 0 Å². The molecule has 5 nitrogen and oxygen atoms in total. The molecule has 144 valence electrons. The molecule has 0 bridgehead atoms. The molecule has 0 radical (unpaired) electrons. The number of nitrogens with zero attached hydrogens (tertiary/aromatic N) is 2. The molecule has 1 fully saturated rings. The van der Waals surface area contributed by atoms with Crippen molar-refractivity contribution in [1.29, 1.82) is 0 Å². The number of carbonyl (C=O) groups excluding carboxylic acids is 2. The fourth-order valence-corrected chi connectivity index (χ4v) is 3.74. The Balaban J connectivity index is 1.74. The summed E-state index contributed by atoms with van der Waals surface area (Å²) in [6, 6.07) is 11.3. The largest absolute Gasteiger partial charge is 0.326 e. The summed E-state index contributed by atoms with van der Waals surface area (Å²) in [6.45, 7) is 3.83. The number of carbonyl (C=O) groups is 2. The van der Waals surface area contributed by atoms with Crippen molar-refractivity contribution in [3.05, 3.63) is 72.8 Å². The highest BCUT2D eigenvalue weighted by molar-refractivity contribution is 8.15. The minimum Gasteiger partial charge on any atom is -0.326 e. The van der Waals surface area contributed by atoms with Gasteiger partial charge in [-0.05, 0) is 36.4 Å². The Kier molecular flexibility index (Phi) is 6.20. The van der Waals surface area contributed by atoms with Crippen LogP contribution in [0.15, 0.2) is 66.2 Å². The molecule has 3 rings (SSSR count). The van der Waals surface area contributed by atoms with E-state index < -0.39 is 16.9 Å². The van der Waals surface area contributed by atoms with E-state index in [0.717, 1.165) is 11.8 Å². The van der Waals surface area contributed by atoms with Gasteiger partial charge in [-0.25, -0.2) is 13.8 Å². The highest BCUT2D eigenvalue weighted by Gasteiger charge is 2.38. The summed E-state index contributed by atoms with van der Waals surface area (Å²) in [4.78, 5) is 30.6. The van der Waals surface area contributed by atoms with Gasteiger partial charge in [0.05, 0.1) is 0 Å². The standard InChI is InChI=1S/C20H17F2N3O2S/c1-2-11-25-19(27)17(12-18(26)23-14-9-7-13(21)8-10-14)28-20(25)24-16-6-4-3-5-15(16)22/h2-10,17H,1,11-12H2,(H,23,26)/t17-/m1/s1. The summed E-state index contributed by atoms with van der Waals surface area (Å²) in [5.41, 5.74) is 0.549. The van der Waals surface area contributed by atoms with E-state index in [4.69, 9.17) is 0 Å². The Hall–Kier alpha value is -3.00. The lowest BCUT2D eigenvalue weighted by Crippen LogP contribution is -2.33. The van der Waals surface area contributed by atoms with E-state index >= 15 is 0 Å². The molecule has 0 saturated carbocycles. The minimum atomic E-state index is -0.689. The summed E-state index contributed by atoms with van der Waals surface area (Å²) in [7, 11) is 0. The molecule has 1 heterocycles. The van der Waals surface area contributed by atoms with Gasteiger partial charge in [-0.3, -0.25) is 14.5 Å². The first-order chi connectivity index (χ1) is 13.5. The summed E-state index contributed by atoms with van der Waals surface area (Å²) < 4.78 is 26.9. The first kappa shape index (κ1) is 19.8.